The molecule has 5 heteroatoms. The molecule has 0 aliphatic heterocycles. The average Bonchev–Trinajstić information content (AvgIpc) is 2.06. The molecule has 0 saturated heterocycles. The van der Waals surface area contributed by atoms with E-state index in [1.54, 1.807) is 7.05 Å². The van der Waals surface area contributed by atoms with Crippen molar-refractivity contribution in [1.82, 2.24) is 5.43 Å². The lowest BCUT2D eigenvalue weighted by atomic mass is 10.2. The fourth-order valence-electron chi connectivity index (χ4n) is 0.806. The second-order valence-electron chi connectivity index (χ2n) is 2.23. The third-order valence-corrected chi connectivity index (χ3v) is 1.90. The number of nitrogens with zero attached hydrogens (tertiary/aromatic N) is 1. The highest BCUT2D eigenvalue weighted by Gasteiger charge is 1.95. The van der Waals surface area contributed by atoms with Gasteiger partial charge in [0.1, 0.15) is 0 Å². The van der Waals surface area contributed by atoms with E-state index in [1.807, 2.05) is 24.3 Å². The summed E-state index contributed by atoms with van der Waals surface area (Å²) in [7, 11) is 1.71. The molecule has 0 bridgehead atoms. The van der Waals surface area contributed by atoms with Gasteiger partial charge in [-0.1, -0.05) is 28.1 Å². The van der Waals surface area contributed by atoms with Gasteiger partial charge in [-0.05, 0) is 12.1 Å². The first kappa shape index (κ1) is 12.3. The third kappa shape index (κ3) is 3.65. The lowest BCUT2D eigenvalue weighted by Gasteiger charge is -1.99. The molecule has 3 N–H and O–H groups in total. The molecule has 1 aromatic carbocycles. The maximum Gasteiger partial charge on any atom is 0.150 e. The first-order valence-electron chi connectivity index (χ1n) is 3.50. The molecule has 0 atom stereocenters. The number of hydrogen-bond acceptors (Lipinski definition) is 2. The van der Waals surface area contributed by atoms with E-state index in [9.17, 15) is 0 Å². The smallest absolute Gasteiger partial charge is 0.150 e. The quantitative estimate of drug-likeness (QED) is 0.485. The lowest BCUT2D eigenvalue weighted by molar-refractivity contribution is 0.898. The minimum Gasteiger partial charge on any atom is -0.382 e. The average molecular weight is 265 g/mol. The molecule has 0 spiro atoms. The minimum atomic E-state index is 0. The Balaban J connectivity index is 0.00000144. The van der Waals surface area contributed by atoms with Crippen molar-refractivity contribution in [1.29, 1.82) is 0 Å². The standard InChI is InChI=1S/C8H10BrN3.ClH/c1-11-12-8(10)6-2-4-7(9)5-3-6;/h2-5,11H,1H3,(H2,10,12);1H. The lowest BCUT2D eigenvalue weighted by Crippen LogP contribution is -2.16. The van der Waals surface area contributed by atoms with Crippen molar-refractivity contribution in [3.05, 3.63) is 34.3 Å². The number of benzene rings is 1. The topological polar surface area (TPSA) is 50.4 Å². The third-order valence-electron chi connectivity index (χ3n) is 1.37. The van der Waals surface area contributed by atoms with Crippen molar-refractivity contribution in [2.24, 2.45) is 10.8 Å². The molecule has 0 aliphatic carbocycles. The highest BCUT2D eigenvalue weighted by atomic mass is 79.9. The molecule has 3 nitrogen and oxygen atoms in total. The predicted octanol–water partition coefficient (Wildman–Crippen LogP) is 1.71. The van der Waals surface area contributed by atoms with E-state index in [0.29, 0.717) is 5.84 Å². The van der Waals surface area contributed by atoms with Gasteiger partial charge in [0, 0.05) is 17.1 Å². The van der Waals surface area contributed by atoms with Crippen LogP contribution in [-0.2, 0) is 0 Å². The van der Waals surface area contributed by atoms with Gasteiger partial charge in [0.25, 0.3) is 0 Å². The summed E-state index contributed by atoms with van der Waals surface area (Å²) in [6, 6.07) is 7.65. The van der Waals surface area contributed by atoms with Gasteiger partial charge >= 0.3 is 0 Å². The SMILES string of the molecule is CNN=C(N)c1ccc(Br)cc1.Cl. The number of amidine groups is 1. The molecule has 0 fully saturated rings. The maximum absolute atomic E-state index is 5.63. The van der Waals surface area contributed by atoms with Gasteiger partial charge in [-0.15, -0.1) is 12.4 Å². The van der Waals surface area contributed by atoms with E-state index in [0.717, 1.165) is 10.0 Å². The number of halogens is 2. The summed E-state index contributed by atoms with van der Waals surface area (Å²) < 4.78 is 1.03. The first-order valence-corrected chi connectivity index (χ1v) is 4.29. The number of nitrogens with two attached hydrogens (primary N) is 1. The highest BCUT2D eigenvalue weighted by molar-refractivity contribution is 9.10. The molecule has 1 aromatic rings. The number of hydrazone groups is 1. The van der Waals surface area contributed by atoms with Gasteiger partial charge in [-0.25, -0.2) is 0 Å². The van der Waals surface area contributed by atoms with Gasteiger partial charge in [-0.3, -0.25) is 0 Å². The van der Waals surface area contributed by atoms with Gasteiger partial charge in [0.05, 0.1) is 0 Å². The molecule has 0 unspecified atom stereocenters. The van der Waals surface area contributed by atoms with Crippen LogP contribution in [0.4, 0.5) is 0 Å². The van der Waals surface area contributed by atoms with E-state index >= 15 is 0 Å². The zero-order valence-electron chi connectivity index (χ0n) is 7.12. The monoisotopic (exact) mass is 263 g/mol. The summed E-state index contributed by atoms with van der Waals surface area (Å²) in [6.07, 6.45) is 0. The number of nitrogens with one attached hydrogen (secondary N) is 1. The Morgan fingerprint density at radius 1 is 1.38 bits per heavy atom. The Morgan fingerprint density at radius 2 is 1.92 bits per heavy atom. The number of hydrogen-bond donors (Lipinski definition) is 2. The van der Waals surface area contributed by atoms with E-state index in [2.05, 4.69) is 26.5 Å². The van der Waals surface area contributed by atoms with Crippen LogP contribution in [-0.4, -0.2) is 12.9 Å². The molecule has 1 rings (SSSR count). The largest absolute Gasteiger partial charge is 0.382 e. The Labute approximate surface area is 91.9 Å². The minimum absolute atomic E-state index is 0. The Kier molecular flexibility index (Phi) is 5.50. The molecular weight excluding hydrogens is 253 g/mol. The summed E-state index contributed by atoms with van der Waals surface area (Å²) in [5.74, 6) is 0.491. The Bertz CT molecular complexity index is 284. The zero-order valence-corrected chi connectivity index (χ0v) is 9.52. The fourth-order valence-corrected chi connectivity index (χ4v) is 1.07. The summed E-state index contributed by atoms with van der Waals surface area (Å²) in [4.78, 5) is 0. The first-order chi connectivity index (χ1) is 5.74. The van der Waals surface area contributed by atoms with Gasteiger partial charge in [-0.2, -0.15) is 5.10 Å². The van der Waals surface area contributed by atoms with Gasteiger partial charge in [0.2, 0.25) is 0 Å². The van der Waals surface area contributed by atoms with Crippen LogP contribution in [0.15, 0.2) is 33.8 Å². The van der Waals surface area contributed by atoms with Crippen molar-refractivity contribution in [3.63, 3.8) is 0 Å². The van der Waals surface area contributed by atoms with Crippen molar-refractivity contribution >= 4 is 34.2 Å². The summed E-state index contributed by atoms with van der Waals surface area (Å²) in [6.45, 7) is 0. The zero-order chi connectivity index (χ0) is 8.97. The Hall–Kier alpha value is -0.740. The summed E-state index contributed by atoms with van der Waals surface area (Å²) in [5, 5.41) is 3.85. The van der Waals surface area contributed by atoms with Crippen LogP contribution in [0.5, 0.6) is 0 Å². The summed E-state index contributed by atoms with van der Waals surface area (Å²) in [5.41, 5.74) is 9.17. The number of rotatable bonds is 2. The van der Waals surface area contributed by atoms with E-state index in [4.69, 9.17) is 5.73 Å². The molecule has 0 saturated carbocycles. The van der Waals surface area contributed by atoms with Crippen molar-refractivity contribution in [2.75, 3.05) is 7.05 Å². The molecule has 13 heavy (non-hydrogen) atoms. The Morgan fingerprint density at radius 3 is 2.38 bits per heavy atom. The fraction of sp³-hybridized carbons (Fsp3) is 0.125. The van der Waals surface area contributed by atoms with Crippen LogP contribution in [0.3, 0.4) is 0 Å². The molecule has 0 amide bonds. The summed E-state index contributed by atoms with van der Waals surface area (Å²) >= 11 is 3.34. The van der Waals surface area contributed by atoms with Crippen LogP contribution < -0.4 is 11.2 Å². The molecule has 0 heterocycles. The molecule has 72 valence electrons. The second-order valence-corrected chi connectivity index (χ2v) is 3.14. The predicted molar refractivity (Wildman–Crippen MR) is 61.2 cm³/mol. The van der Waals surface area contributed by atoms with Crippen molar-refractivity contribution in [2.45, 2.75) is 0 Å². The van der Waals surface area contributed by atoms with Gasteiger partial charge in [0.15, 0.2) is 5.84 Å². The van der Waals surface area contributed by atoms with E-state index < -0.39 is 0 Å². The van der Waals surface area contributed by atoms with Crippen LogP contribution in [0.1, 0.15) is 5.56 Å². The maximum atomic E-state index is 5.63. The second kappa shape index (κ2) is 5.83. The molecular formula is C8H11BrClN3. The van der Waals surface area contributed by atoms with E-state index in [-0.39, 0.29) is 12.4 Å². The van der Waals surface area contributed by atoms with Crippen molar-refractivity contribution < 1.29 is 0 Å². The van der Waals surface area contributed by atoms with Crippen LogP contribution in [0.25, 0.3) is 0 Å². The molecule has 0 aromatic heterocycles. The van der Waals surface area contributed by atoms with Crippen LogP contribution >= 0.6 is 28.3 Å². The highest BCUT2D eigenvalue weighted by Crippen LogP contribution is 2.09. The van der Waals surface area contributed by atoms with Crippen molar-refractivity contribution in [3.8, 4) is 0 Å². The van der Waals surface area contributed by atoms with Crippen LogP contribution in [0.2, 0.25) is 0 Å². The van der Waals surface area contributed by atoms with E-state index in [1.165, 1.54) is 0 Å². The normalized spacial score (nSPS) is 10.5. The molecule has 0 radical (unpaired) electrons. The molecule has 0 aliphatic rings. The van der Waals surface area contributed by atoms with Crippen LogP contribution in [0, 0.1) is 0 Å². The van der Waals surface area contributed by atoms with Gasteiger partial charge < -0.3 is 11.2 Å².